The van der Waals surface area contributed by atoms with Gasteiger partial charge in [-0.25, -0.2) is 8.42 Å². The molecule has 0 spiro atoms. The largest absolute Gasteiger partial charge is 0.497 e. The molecule has 0 saturated carbocycles. The number of methoxy groups -OCH3 is 2. The Kier molecular flexibility index (Phi) is 6.26. The SMILES string of the molecule is COc1ccc(NC(=O)CN(c2ccccc2C#N)S(C)(=O)=O)c(OC)c1. The average Bonchev–Trinajstić information content (AvgIpc) is 2.65. The number of carbonyl (C=O) groups is 1. The number of hydrogen-bond donors (Lipinski definition) is 1. The second-order valence-electron chi connectivity index (χ2n) is 5.51. The van der Waals surface area contributed by atoms with Crippen LogP contribution in [0.5, 0.6) is 11.5 Å². The van der Waals surface area contributed by atoms with Crippen LogP contribution in [0, 0.1) is 11.3 Å². The van der Waals surface area contributed by atoms with Crippen molar-refractivity contribution in [3.63, 3.8) is 0 Å². The first kappa shape index (κ1) is 20.1. The zero-order chi connectivity index (χ0) is 20.0. The maximum absolute atomic E-state index is 12.5. The molecule has 0 saturated heterocycles. The van der Waals surface area contributed by atoms with Crippen LogP contribution in [0.2, 0.25) is 0 Å². The van der Waals surface area contributed by atoms with Gasteiger partial charge in [0.1, 0.15) is 24.1 Å². The molecular weight excluding hydrogens is 370 g/mol. The molecule has 0 aliphatic heterocycles. The van der Waals surface area contributed by atoms with Crippen LogP contribution in [0.25, 0.3) is 0 Å². The minimum atomic E-state index is -3.79. The first-order chi connectivity index (χ1) is 12.8. The van der Waals surface area contributed by atoms with Crippen LogP contribution < -0.4 is 19.1 Å². The second-order valence-corrected chi connectivity index (χ2v) is 7.42. The number of amides is 1. The molecule has 2 rings (SSSR count). The normalized spacial score (nSPS) is 10.6. The highest BCUT2D eigenvalue weighted by molar-refractivity contribution is 7.92. The molecule has 8 nitrogen and oxygen atoms in total. The topological polar surface area (TPSA) is 109 Å². The lowest BCUT2D eigenvalue weighted by atomic mass is 10.2. The van der Waals surface area contributed by atoms with Crippen molar-refractivity contribution < 1.29 is 22.7 Å². The third-order valence-electron chi connectivity index (χ3n) is 3.66. The Balaban J connectivity index is 2.29. The fraction of sp³-hybridized carbons (Fsp3) is 0.222. The van der Waals surface area contributed by atoms with E-state index >= 15 is 0 Å². The summed E-state index contributed by atoms with van der Waals surface area (Å²) in [5.74, 6) is 0.327. The molecule has 0 aromatic heterocycles. The molecule has 9 heteroatoms. The van der Waals surface area contributed by atoms with Crippen molar-refractivity contribution in [2.45, 2.75) is 0 Å². The van der Waals surface area contributed by atoms with E-state index in [1.165, 1.54) is 26.4 Å². The van der Waals surface area contributed by atoms with E-state index in [0.29, 0.717) is 17.2 Å². The maximum atomic E-state index is 12.5. The summed E-state index contributed by atoms with van der Waals surface area (Å²) in [5, 5.41) is 11.8. The number of hydrogen-bond acceptors (Lipinski definition) is 6. The van der Waals surface area contributed by atoms with Crippen LogP contribution >= 0.6 is 0 Å². The van der Waals surface area contributed by atoms with Gasteiger partial charge in [0, 0.05) is 6.07 Å². The lowest BCUT2D eigenvalue weighted by Gasteiger charge is -2.23. The Morgan fingerprint density at radius 2 is 1.89 bits per heavy atom. The van der Waals surface area contributed by atoms with Crippen LogP contribution in [-0.4, -0.2) is 41.3 Å². The minimum absolute atomic E-state index is 0.138. The molecule has 2 aromatic carbocycles. The lowest BCUT2D eigenvalue weighted by molar-refractivity contribution is -0.114. The molecule has 0 heterocycles. The standard InChI is InChI=1S/C18H19N3O5S/c1-25-14-8-9-15(17(10-14)26-2)20-18(22)12-21(27(3,23)24)16-7-5-4-6-13(16)11-19/h4-10H,12H2,1-3H3,(H,20,22). The van der Waals surface area contributed by atoms with E-state index in [0.717, 1.165) is 10.6 Å². The molecule has 27 heavy (non-hydrogen) atoms. The Hall–Kier alpha value is -3.25. The predicted molar refractivity (Wildman–Crippen MR) is 102 cm³/mol. The van der Waals surface area contributed by atoms with Gasteiger partial charge in [0.15, 0.2) is 0 Å². The van der Waals surface area contributed by atoms with Crippen molar-refractivity contribution in [1.29, 1.82) is 5.26 Å². The predicted octanol–water partition coefficient (Wildman–Crippen LogP) is 1.98. The molecule has 1 N–H and O–H groups in total. The van der Waals surface area contributed by atoms with Gasteiger partial charge in [-0.15, -0.1) is 0 Å². The quantitative estimate of drug-likeness (QED) is 0.776. The van der Waals surface area contributed by atoms with Crippen LogP contribution in [0.4, 0.5) is 11.4 Å². The van der Waals surface area contributed by atoms with E-state index in [-0.39, 0.29) is 11.3 Å². The Labute approximate surface area is 158 Å². The van der Waals surface area contributed by atoms with Gasteiger partial charge in [0.25, 0.3) is 0 Å². The average molecular weight is 389 g/mol. The number of carbonyl (C=O) groups excluding carboxylic acids is 1. The van der Waals surface area contributed by atoms with Gasteiger partial charge in [0.2, 0.25) is 15.9 Å². The molecular formula is C18H19N3O5S. The fourth-order valence-electron chi connectivity index (χ4n) is 2.39. The monoisotopic (exact) mass is 389 g/mol. The molecule has 0 fully saturated rings. The van der Waals surface area contributed by atoms with Gasteiger partial charge in [-0.1, -0.05) is 12.1 Å². The van der Waals surface area contributed by atoms with Crippen molar-refractivity contribution in [2.75, 3.05) is 36.6 Å². The van der Waals surface area contributed by atoms with Crippen molar-refractivity contribution in [3.05, 3.63) is 48.0 Å². The van der Waals surface area contributed by atoms with Gasteiger partial charge in [-0.05, 0) is 24.3 Å². The first-order valence-corrected chi connectivity index (χ1v) is 9.63. The maximum Gasteiger partial charge on any atom is 0.245 e. The first-order valence-electron chi connectivity index (χ1n) is 7.79. The number of nitrogens with one attached hydrogen (secondary N) is 1. The summed E-state index contributed by atoms with van der Waals surface area (Å²) in [6.07, 6.45) is 0.975. The zero-order valence-corrected chi connectivity index (χ0v) is 15.9. The summed E-state index contributed by atoms with van der Waals surface area (Å²) in [6, 6.07) is 12.9. The third-order valence-corrected chi connectivity index (χ3v) is 4.79. The van der Waals surface area contributed by atoms with E-state index in [4.69, 9.17) is 9.47 Å². The third kappa shape index (κ3) is 4.89. The van der Waals surface area contributed by atoms with Crippen molar-refractivity contribution in [2.24, 2.45) is 0 Å². The Morgan fingerprint density at radius 1 is 1.19 bits per heavy atom. The smallest absolute Gasteiger partial charge is 0.245 e. The van der Waals surface area contributed by atoms with E-state index in [1.807, 2.05) is 6.07 Å². The molecule has 0 radical (unpaired) electrons. The number of ether oxygens (including phenoxy) is 2. The molecule has 0 aliphatic carbocycles. The van der Waals surface area contributed by atoms with Gasteiger partial charge >= 0.3 is 0 Å². The number of para-hydroxylation sites is 1. The fourth-order valence-corrected chi connectivity index (χ4v) is 3.26. The summed E-state index contributed by atoms with van der Waals surface area (Å²) >= 11 is 0. The summed E-state index contributed by atoms with van der Waals surface area (Å²) in [7, 11) is -0.850. The van der Waals surface area contributed by atoms with Crippen LogP contribution in [0.15, 0.2) is 42.5 Å². The van der Waals surface area contributed by atoms with Crippen LogP contribution in [0.1, 0.15) is 5.56 Å². The molecule has 2 aromatic rings. The molecule has 0 atom stereocenters. The van der Waals surface area contributed by atoms with Crippen molar-refractivity contribution >= 4 is 27.3 Å². The van der Waals surface area contributed by atoms with Crippen molar-refractivity contribution in [1.82, 2.24) is 0 Å². The van der Waals surface area contributed by atoms with E-state index < -0.39 is 22.5 Å². The van der Waals surface area contributed by atoms with E-state index in [1.54, 1.807) is 30.3 Å². The van der Waals surface area contributed by atoms with E-state index in [9.17, 15) is 18.5 Å². The molecule has 0 aliphatic rings. The number of sulfonamides is 1. The highest BCUT2D eigenvalue weighted by atomic mass is 32.2. The summed E-state index contributed by atoms with van der Waals surface area (Å²) < 4.78 is 35.6. The minimum Gasteiger partial charge on any atom is -0.497 e. The highest BCUT2D eigenvalue weighted by Gasteiger charge is 2.23. The van der Waals surface area contributed by atoms with Gasteiger partial charge in [0.05, 0.1) is 37.4 Å². The summed E-state index contributed by atoms with van der Waals surface area (Å²) in [6.45, 7) is -0.493. The second kappa shape index (κ2) is 8.42. The number of nitrogens with zero attached hydrogens (tertiary/aromatic N) is 2. The van der Waals surface area contributed by atoms with Gasteiger partial charge < -0.3 is 14.8 Å². The highest BCUT2D eigenvalue weighted by Crippen LogP contribution is 2.29. The summed E-state index contributed by atoms with van der Waals surface area (Å²) in [4.78, 5) is 12.5. The van der Waals surface area contributed by atoms with Crippen LogP contribution in [-0.2, 0) is 14.8 Å². The molecule has 142 valence electrons. The number of anilines is 2. The molecule has 0 unspecified atom stereocenters. The number of nitriles is 1. The lowest BCUT2D eigenvalue weighted by Crippen LogP contribution is -2.38. The van der Waals surface area contributed by atoms with Gasteiger partial charge in [-0.2, -0.15) is 5.26 Å². The van der Waals surface area contributed by atoms with E-state index in [2.05, 4.69) is 5.32 Å². The van der Waals surface area contributed by atoms with Crippen molar-refractivity contribution in [3.8, 4) is 17.6 Å². The molecule has 0 bridgehead atoms. The molecule has 1 amide bonds. The van der Waals surface area contributed by atoms with Gasteiger partial charge in [-0.3, -0.25) is 9.10 Å². The Bertz CT molecular complexity index is 983. The Morgan fingerprint density at radius 3 is 2.48 bits per heavy atom. The number of benzene rings is 2. The summed E-state index contributed by atoms with van der Waals surface area (Å²) in [5.41, 5.74) is 0.655. The van der Waals surface area contributed by atoms with Crippen LogP contribution in [0.3, 0.4) is 0 Å². The zero-order valence-electron chi connectivity index (χ0n) is 15.1. The number of rotatable bonds is 7.